The van der Waals surface area contributed by atoms with Crippen LogP contribution in [0.5, 0.6) is 5.75 Å². The lowest BCUT2D eigenvalue weighted by molar-refractivity contribution is -0.118. The fourth-order valence-corrected chi connectivity index (χ4v) is 1.97. The number of amides is 1. The number of nitriles is 1. The molecule has 1 heterocycles. The first kappa shape index (κ1) is 15.2. The Bertz CT molecular complexity index is 694. The average molecular weight is 325 g/mol. The highest BCUT2D eigenvalue weighted by Gasteiger charge is 2.08. The Morgan fingerprint density at radius 1 is 1.43 bits per heavy atom. The molecule has 1 aromatic carbocycles. The topological polar surface area (TPSA) is 79.9 Å². The van der Waals surface area contributed by atoms with E-state index < -0.39 is 0 Å². The molecule has 0 aliphatic rings. The van der Waals surface area contributed by atoms with Gasteiger partial charge in [-0.05, 0) is 18.2 Å². The van der Waals surface area contributed by atoms with Crippen molar-refractivity contribution in [3.63, 3.8) is 0 Å². The Balaban J connectivity index is 1.88. The van der Waals surface area contributed by atoms with Crippen molar-refractivity contribution >= 4 is 34.9 Å². The standard InChI is InChI=1S/C13H10Cl2N4O2/c14-9-1-2-11(10(15)7-9)21-8-13(20)17-12-3-5-19(18-12)6-4-16/h1-3,5,7H,6,8H2,(H,17,18,20). The highest BCUT2D eigenvalue weighted by molar-refractivity contribution is 6.35. The van der Waals surface area contributed by atoms with E-state index in [-0.39, 0.29) is 19.1 Å². The van der Waals surface area contributed by atoms with Crippen LogP contribution in [0.15, 0.2) is 30.5 Å². The number of carbonyl (C=O) groups excluding carboxylic acids is 1. The van der Waals surface area contributed by atoms with E-state index in [1.165, 1.54) is 10.7 Å². The normalized spacial score (nSPS) is 9.95. The van der Waals surface area contributed by atoms with Crippen LogP contribution in [0, 0.1) is 11.3 Å². The zero-order valence-corrected chi connectivity index (χ0v) is 12.2. The summed E-state index contributed by atoms with van der Waals surface area (Å²) in [5.74, 6) is 0.329. The monoisotopic (exact) mass is 324 g/mol. The number of nitrogens with zero attached hydrogens (tertiary/aromatic N) is 3. The molecule has 1 amide bonds. The fraction of sp³-hybridized carbons (Fsp3) is 0.154. The number of hydrogen-bond acceptors (Lipinski definition) is 4. The first-order valence-corrected chi connectivity index (χ1v) is 6.62. The molecule has 0 bridgehead atoms. The van der Waals surface area contributed by atoms with Crippen molar-refractivity contribution in [1.82, 2.24) is 9.78 Å². The van der Waals surface area contributed by atoms with E-state index in [4.69, 9.17) is 33.2 Å². The highest BCUT2D eigenvalue weighted by atomic mass is 35.5. The number of benzene rings is 1. The second kappa shape index (κ2) is 6.97. The van der Waals surface area contributed by atoms with Crippen molar-refractivity contribution in [2.75, 3.05) is 11.9 Å². The minimum atomic E-state index is -0.386. The van der Waals surface area contributed by atoms with Gasteiger partial charge < -0.3 is 10.1 Å². The van der Waals surface area contributed by atoms with Crippen molar-refractivity contribution in [1.29, 1.82) is 5.26 Å². The van der Waals surface area contributed by atoms with Crippen LogP contribution in [0.2, 0.25) is 10.0 Å². The van der Waals surface area contributed by atoms with E-state index in [0.29, 0.717) is 21.6 Å². The fourth-order valence-electron chi connectivity index (χ4n) is 1.50. The maximum absolute atomic E-state index is 11.7. The Labute approximate surface area is 130 Å². The molecule has 0 unspecified atom stereocenters. The van der Waals surface area contributed by atoms with Gasteiger partial charge in [-0.15, -0.1) is 0 Å². The number of halogens is 2. The van der Waals surface area contributed by atoms with E-state index in [0.717, 1.165) is 0 Å². The Morgan fingerprint density at radius 2 is 2.24 bits per heavy atom. The van der Waals surface area contributed by atoms with E-state index in [2.05, 4.69) is 10.4 Å². The summed E-state index contributed by atoms with van der Waals surface area (Å²) in [4.78, 5) is 11.7. The van der Waals surface area contributed by atoms with E-state index >= 15 is 0 Å². The molecule has 1 N–H and O–H groups in total. The van der Waals surface area contributed by atoms with Gasteiger partial charge in [-0.2, -0.15) is 10.4 Å². The Hall–Kier alpha value is -2.23. The predicted octanol–water partition coefficient (Wildman–Crippen LogP) is 2.73. The summed E-state index contributed by atoms with van der Waals surface area (Å²) in [7, 11) is 0. The van der Waals surface area contributed by atoms with Gasteiger partial charge in [0, 0.05) is 17.3 Å². The van der Waals surface area contributed by atoms with Crippen LogP contribution in [0.3, 0.4) is 0 Å². The van der Waals surface area contributed by atoms with Crippen molar-refractivity contribution in [3.8, 4) is 11.8 Å². The summed E-state index contributed by atoms with van der Waals surface area (Å²) in [6.07, 6.45) is 1.59. The summed E-state index contributed by atoms with van der Waals surface area (Å²) in [5.41, 5.74) is 0. The maximum Gasteiger partial charge on any atom is 0.263 e. The molecule has 0 atom stereocenters. The van der Waals surface area contributed by atoms with Gasteiger partial charge in [-0.1, -0.05) is 23.2 Å². The molecule has 2 rings (SSSR count). The number of nitrogens with one attached hydrogen (secondary N) is 1. The zero-order valence-electron chi connectivity index (χ0n) is 10.7. The molecule has 0 saturated heterocycles. The zero-order chi connectivity index (χ0) is 15.2. The minimum absolute atomic E-state index is 0.118. The molecule has 6 nitrogen and oxygen atoms in total. The molecular weight excluding hydrogens is 315 g/mol. The SMILES string of the molecule is N#CCn1ccc(NC(=O)COc2ccc(Cl)cc2Cl)n1. The van der Waals surface area contributed by atoms with Gasteiger partial charge in [0.05, 0.1) is 11.1 Å². The third kappa shape index (κ3) is 4.38. The van der Waals surface area contributed by atoms with E-state index in [1.54, 1.807) is 24.4 Å². The van der Waals surface area contributed by atoms with E-state index in [9.17, 15) is 4.79 Å². The third-order valence-corrected chi connectivity index (χ3v) is 2.92. The van der Waals surface area contributed by atoms with Gasteiger partial charge in [0.1, 0.15) is 12.3 Å². The summed E-state index contributed by atoms with van der Waals surface area (Å²) in [6.45, 7) is -0.0980. The van der Waals surface area contributed by atoms with Gasteiger partial charge in [0.2, 0.25) is 0 Å². The lowest BCUT2D eigenvalue weighted by Crippen LogP contribution is -2.20. The number of anilines is 1. The quantitative estimate of drug-likeness (QED) is 0.916. The molecule has 1 aromatic heterocycles. The number of ether oxygens (including phenoxy) is 1. The molecule has 0 spiro atoms. The minimum Gasteiger partial charge on any atom is -0.482 e. The smallest absolute Gasteiger partial charge is 0.263 e. The Morgan fingerprint density at radius 3 is 2.95 bits per heavy atom. The van der Waals surface area contributed by atoms with Gasteiger partial charge in [-0.3, -0.25) is 9.48 Å². The maximum atomic E-state index is 11.7. The summed E-state index contributed by atoms with van der Waals surface area (Å²) < 4.78 is 6.70. The van der Waals surface area contributed by atoms with E-state index in [1.807, 2.05) is 6.07 Å². The molecule has 21 heavy (non-hydrogen) atoms. The first-order valence-electron chi connectivity index (χ1n) is 5.86. The molecule has 0 aliphatic carbocycles. The number of aromatic nitrogens is 2. The lowest BCUT2D eigenvalue weighted by Gasteiger charge is -2.07. The first-order chi connectivity index (χ1) is 10.1. The number of hydrogen-bond donors (Lipinski definition) is 1. The van der Waals surface area contributed by atoms with Crippen LogP contribution >= 0.6 is 23.2 Å². The molecule has 8 heteroatoms. The van der Waals surface area contributed by atoms with Crippen LogP contribution in [0.25, 0.3) is 0 Å². The molecular formula is C13H10Cl2N4O2. The molecule has 0 fully saturated rings. The van der Waals surface area contributed by atoms with Crippen molar-refractivity contribution in [2.45, 2.75) is 6.54 Å². The third-order valence-electron chi connectivity index (χ3n) is 2.39. The highest BCUT2D eigenvalue weighted by Crippen LogP contribution is 2.27. The van der Waals surface area contributed by atoms with Crippen LogP contribution < -0.4 is 10.1 Å². The summed E-state index contributed by atoms with van der Waals surface area (Å²) in [6, 6.07) is 8.26. The van der Waals surface area contributed by atoms with Gasteiger partial charge in [0.25, 0.3) is 5.91 Å². The summed E-state index contributed by atoms with van der Waals surface area (Å²) >= 11 is 11.7. The second-order valence-corrected chi connectivity index (χ2v) is 4.81. The Kier molecular flexibility index (Phi) is 5.04. The average Bonchev–Trinajstić information content (AvgIpc) is 2.85. The molecule has 0 radical (unpaired) electrons. The molecule has 2 aromatic rings. The second-order valence-electron chi connectivity index (χ2n) is 3.97. The molecule has 0 aliphatic heterocycles. The number of rotatable bonds is 5. The molecule has 108 valence electrons. The van der Waals surface area contributed by atoms with Crippen LogP contribution in [-0.2, 0) is 11.3 Å². The molecule has 0 saturated carbocycles. The summed E-state index contributed by atoms with van der Waals surface area (Å²) in [5, 5.41) is 15.9. The number of carbonyl (C=O) groups is 1. The predicted molar refractivity (Wildman–Crippen MR) is 78.4 cm³/mol. The van der Waals surface area contributed by atoms with Gasteiger partial charge in [-0.25, -0.2) is 0 Å². The lowest BCUT2D eigenvalue weighted by atomic mass is 10.3. The van der Waals surface area contributed by atoms with Gasteiger partial charge >= 0.3 is 0 Å². The van der Waals surface area contributed by atoms with Crippen molar-refractivity contribution in [3.05, 3.63) is 40.5 Å². The van der Waals surface area contributed by atoms with Crippen molar-refractivity contribution < 1.29 is 9.53 Å². The van der Waals surface area contributed by atoms with Gasteiger partial charge in [0.15, 0.2) is 12.4 Å². The largest absolute Gasteiger partial charge is 0.482 e. The van der Waals surface area contributed by atoms with Crippen molar-refractivity contribution in [2.24, 2.45) is 0 Å². The van der Waals surface area contributed by atoms with Crippen LogP contribution in [0.4, 0.5) is 5.82 Å². The van der Waals surface area contributed by atoms with Crippen LogP contribution in [-0.4, -0.2) is 22.3 Å². The van der Waals surface area contributed by atoms with Crippen LogP contribution in [0.1, 0.15) is 0 Å².